The van der Waals surface area contributed by atoms with Crippen molar-refractivity contribution in [2.75, 3.05) is 17.7 Å². The van der Waals surface area contributed by atoms with Gasteiger partial charge < -0.3 is 10.6 Å². The first-order chi connectivity index (χ1) is 8.72. The van der Waals surface area contributed by atoms with Crippen LogP contribution in [0.4, 0.5) is 11.6 Å². The van der Waals surface area contributed by atoms with Crippen LogP contribution in [0, 0.1) is 0 Å². The monoisotopic (exact) mass is 262 g/mol. The molecule has 0 bridgehead atoms. The van der Waals surface area contributed by atoms with E-state index in [4.69, 9.17) is 0 Å². The van der Waals surface area contributed by atoms with Crippen LogP contribution in [0.2, 0.25) is 0 Å². The highest BCUT2D eigenvalue weighted by Gasteiger charge is 2.08. The predicted octanol–water partition coefficient (Wildman–Crippen LogP) is 3.32. The van der Waals surface area contributed by atoms with Crippen molar-refractivity contribution in [1.29, 1.82) is 0 Å². The van der Waals surface area contributed by atoms with Gasteiger partial charge in [-0.3, -0.25) is 0 Å². The maximum Gasteiger partial charge on any atom is 0.132 e. The molecule has 0 spiro atoms. The lowest BCUT2D eigenvalue weighted by Gasteiger charge is -2.14. The van der Waals surface area contributed by atoms with E-state index in [2.05, 4.69) is 52.0 Å². The van der Waals surface area contributed by atoms with Crippen molar-refractivity contribution in [3.05, 3.63) is 34.3 Å². The van der Waals surface area contributed by atoms with Gasteiger partial charge in [-0.25, -0.2) is 9.97 Å². The van der Waals surface area contributed by atoms with Gasteiger partial charge in [0, 0.05) is 24.4 Å². The standard InChI is InChI=1S/C13H18N4S/c1-4-11-16-12(14-3)8-13(17-11)15-9(2)10-6-5-7-18-10/h5-9H,4H2,1-3H3,(H2,14,15,16,17). The minimum Gasteiger partial charge on any atom is -0.373 e. The zero-order chi connectivity index (χ0) is 13.0. The van der Waals surface area contributed by atoms with Crippen LogP contribution in [-0.4, -0.2) is 17.0 Å². The molecule has 2 N–H and O–H groups in total. The third-order valence-corrected chi connectivity index (χ3v) is 3.73. The Morgan fingerprint density at radius 1 is 1.33 bits per heavy atom. The summed E-state index contributed by atoms with van der Waals surface area (Å²) < 4.78 is 0. The molecule has 0 aliphatic carbocycles. The zero-order valence-corrected chi connectivity index (χ0v) is 11.7. The molecule has 1 atom stereocenters. The minimum absolute atomic E-state index is 0.259. The molecule has 2 rings (SSSR count). The van der Waals surface area contributed by atoms with Crippen molar-refractivity contribution in [2.45, 2.75) is 26.3 Å². The number of thiophene rings is 1. The Labute approximate surface area is 111 Å². The van der Waals surface area contributed by atoms with Gasteiger partial charge in [0.2, 0.25) is 0 Å². The van der Waals surface area contributed by atoms with Crippen molar-refractivity contribution in [3.8, 4) is 0 Å². The molecule has 0 amide bonds. The van der Waals surface area contributed by atoms with Crippen LogP contribution in [0.3, 0.4) is 0 Å². The summed E-state index contributed by atoms with van der Waals surface area (Å²) in [5, 5.41) is 8.56. The predicted molar refractivity (Wildman–Crippen MR) is 77.3 cm³/mol. The molecule has 0 saturated carbocycles. The highest BCUT2D eigenvalue weighted by atomic mass is 32.1. The molecule has 0 fully saturated rings. The minimum atomic E-state index is 0.259. The van der Waals surface area contributed by atoms with Gasteiger partial charge in [-0.15, -0.1) is 11.3 Å². The average molecular weight is 262 g/mol. The van der Waals surface area contributed by atoms with Gasteiger partial charge in [0.15, 0.2) is 0 Å². The number of nitrogens with zero attached hydrogens (tertiary/aromatic N) is 2. The fraction of sp³-hybridized carbons (Fsp3) is 0.385. The van der Waals surface area contributed by atoms with E-state index >= 15 is 0 Å². The third kappa shape index (κ3) is 2.98. The summed E-state index contributed by atoms with van der Waals surface area (Å²) in [5.41, 5.74) is 0. The topological polar surface area (TPSA) is 49.8 Å². The van der Waals surface area contributed by atoms with Gasteiger partial charge >= 0.3 is 0 Å². The zero-order valence-electron chi connectivity index (χ0n) is 10.9. The van der Waals surface area contributed by atoms with Crippen LogP contribution in [0.15, 0.2) is 23.6 Å². The van der Waals surface area contributed by atoms with E-state index < -0.39 is 0 Å². The van der Waals surface area contributed by atoms with Gasteiger partial charge in [-0.1, -0.05) is 13.0 Å². The summed E-state index contributed by atoms with van der Waals surface area (Å²) in [7, 11) is 1.87. The fourth-order valence-electron chi connectivity index (χ4n) is 1.69. The first kappa shape index (κ1) is 12.8. The maximum absolute atomic E-state index is 4.49. The average Bonchev–Trinajstić information content (AvgIpc) is 2.92. The smallest absolute Gasteiger partial charge is 0.132 e. The molecule has 2 aromatic rings. The first-order valence-corrected chi connectivity index (χ1v) is 6.96. The summed E-state index contributed by atoms with van der Waals surface area (Å²) in [4.78, 5) is 10.2. The molecule has 0 aliphatic rings. The second-order valence-corrected chi connectivity index (χ2v) is 5.02. The quantitative estimate of drug-likeness (QED) is 0.868. The number of anilines is 2. The van der Waals surface area contributed by atoms with Crippen molar-refractivity contribution < 1.29 is 0 Å². The maximum atomic E-state index is 4.49. The molecule has 96 valence electrons. The Balaban J connectivity index is 2.17. The summed E-state index contributed by atoms with van der Waals surface area (Å²) in [6.07, 6.45) is 0.831. The molecule has 5 heteroatoms. The van der Waals surface area contributed by atoms with E-state index in [1.165, 1.54) is 4.88 Å². The summed E-state index contributed by atoms with van der Waals surface area (Å²) in [5.74, 6) is 2.57. The number of hydrogen-bond donors (Lipinski definition) is 2. The van der Waals surface area contributed by atoms with E-state index in [1.54, 1.807) is 11.3 Å². The molecular weight excluding hydrogens is 244 g/mol. The third-order valence-electron chi connectivity index (χ3n) is 2.68. The Kier molecular flexibility index (Phi) is 4.15. The van der Waals surface area contributed by atoms with E-state index in [-0.39, 0.29) is 6.04 Å². The largest absolute Gasteiger partial charge is 0.373 e. The SMILES string of the molecule is CCc1nc(NC)cc(NC(C)c2cccs2)n1. The molecule has 18 heavy (non-hydrogen) atoms. The number of hydrogen-bond acceptors (Lipinski definition) is 5. The van der Waals surface area contributed by atoms with Gasteiger partial charge in [0.1, 0.15) is 17.5 Å². The van der Waals surface area contributed by atoms with Crippen LogP contribution in [0.1, 0.15) is 30.6 Å². The van der Waals surface area contributed by atoms with Crippen molar-refractivity contribution in [3.63, 3.8) is 0 Å². The number of aromatic nitrogens is 2. The van der Waals surface area contributed by atoms with Gasteiger partial charge in [0.25, 0.3) is 0 Å². The van der Waals surface area contributed by atoms with Gasteiger partial charge in [0.05, 0.1) is 6.04 Å². The number of nitrogens with one attached hydrogen (secondary N) is 2. The Morgan fingerprint density at radius 3 is 2.72 bits per heavy atom. The van der Waals surface area contributed by atoms with Crippen LogP contribution < -0.4 is 10.6 Å². The number of aryl methyl sites for hydroxylation is 1. The Bertz CT molecular complexity index is 473. The van der Waals surface area contributed by atoms with E-state index in [0.717, 1.165) is 23.9 Å². The first-order valence-electron chi connectivity index (χ1n) is 6.08. The molecule has 4 nitrogen and oxygen atoms in total. The Hall–Kier alpha value is -1.62. The molecule has 1 unspecified atom stereocenters. The molecule has 0 saturated heterocycles. The van der Waals surface area contributed by atoms with Crippen molar-refractivity contribution >= 4 is 23.0 Å². The lowest BCUT2D eigenvalue weighted by molar-refractivity contribution is 0.873. The van der Waals surface area contributed by atoms with Crippen LogP contribution in [0.5, 0.6) is 0 Å². The van der Waals surface area contributed by atoms with E-state index in [9.17, 15) is 0 Å². The highest BCUT2D eigenvalue weighted by molar-refractivity contribution is 7.10. The second-order valence-electron chi connectivity index (χ2n) is 4.04. The molecule has 2 aromatic heterocycles. The lowest BCUT2D eigenvalue weighted by Crippen LogP contribution is -2.09. The van der Waals surface area contributed by atoms with Gasteiger partial charge in [-0.05, 0) is 18.4 Å². The molecule has 0 radical (unpaired) electrons. The molecule has 0 aliphatic heterocycles. The van der Waals surface area contributed by atoms with Crippen LogP contribution in [-0.2, 0) is 6.42 Å². The molecule has 0 aromatic carbocycles. The second kappa shape index (κ2) is 5.82. The molecular formula is C13H18N4S. The summed E-state index contributed by atoms with van der Waals surface area (Å²) >= 11 is 1.75. The van der Waals surface area contributed by atoms with Crippen LogP contribution >= 0.6 is 11.3 Å². The van der Waals surface area contributed by atoms with E-state index in [1.807, 2.05) is 13.1 Å². The normalized spacial score (nSPS) is 12.2. The van der Waals surface area contributed by atoms with Crippen molar-refractivity contribution in [2.24, 2.45) is 0 Å². The van der Waals surface area contributed by atoms with Crippen LogP contribution in [0.25, 0.3) is 0 Å². The fourth-order valence-corrected chi connectivity index (χ4v) is 2.42. The summed E-state index contributed by atoms with van der Waals surface area (Å²) in [6.45, 7) is 4.19. The van der Waals surface area contributed by atoms with Crippen molar-refractivity contribution in [1.82, 2.24) is 9.97 Å². The highest BCUT2D eigenvalue weighted by Crippen LogP contribution is 2.23. The van der Waals surface area contributed by atoms with E-state index in [0.29, 0.717) is 0 Å². The van der Waals surface area contributed by atoms with Gasteiger partial charge in [-0.2, -0.15) is 0 Å². The summed E-state index contributed by atoms with van der Waals surface area (Å²) in [6, 6.07) is 6.38. The number of rotatable bonds is 5. The lowest BCUT2D eigenvalue weighted by atomic mass is 10.3. The Morgan fingerprint density at radius 2 is 2.11 bits per heavy atom. The molecule has 2 heterocycles.